The van der Waals surface area contributed by atoms with Gasteiger partial charge in [0.15, 0.2) is 22.9 Å². The summed E-state index contributed by atoms with van der Waals surface area (Å²) in [6.07, 6.45) is 0. The van der Waals surface area contributed by atoms with E-state index >= 15 is 0 Å². The highest BCUT2D eigenvalue weighted by atomic mass is 16.5. The molecular weight excluding hydrogens is 396 g/mol. The second-order valence-corrected chi connectivity index (χ2v) is 12.7. The van der Waals surface area contributed by atoms with Crippen molar-refractivity contribution < 1.29 is 9.47 Å². The highest BCUT2D eigenvalue weighted by Crippen LogP contribution is 2.50. The molecule has 0 bridgehead atoms. The summed E-state index contributed by atoms with van der Waals surface area (Å²) in [5.41, 5.74) is 7.06. The predicted octanol–water partition coefficient (Wildman–Crippen LogP) is 6.36. The maximum Gasteiger partial charge on any atom is 0.187 e. The molecular formula is C28H46N2O2+2. The fraction of sp³-hybridized carbons (Fsp3) is 0.571. The lowest BCUT2D eigenvalue weighted by atomic mass is 9.81. The lowest BCUT2D eigenvalue weighted by molar-refractivity contribution is 0.385. The zero-order chi connectivity index (χ0) is 24.9. The summed E-state index contributed by atoms with van der Waals surface area (Å²) >= 11 is 0. The van der Waals surface area contributed by atoms with Crippen LogP contribution in [0, 0.1) is 0 Å². The molecule has 178 valence electrons. The summed E-state index contributed by atoms with van der Waals surface area (Å²) in [6.45, 7) is 13.6. The molecule has 0 heterocycles. The molecule has 4 nitrogen and oxygen atoms in total. The minimum absolute atomic E-state index is 0.00271. The van der Waals surface area contributed by atoms with Crippen molar-refractivity contribution in [3.63, 3.8) is 0 Å². The third-order valence-corrected chi connectivity index (χ3v) is 6.01. The molecule has 0 atom stereocenters. The predicted molar refractivity (Wildman–Crippen MR) is 142 cm³/mol. The molecule has 32 heavy (non-hydrogen) atoms. The van der Waals surface area contributed by atoms with Crippen molar-refractivity contribution in [3.8, 4) is 22.6 Å². The molecule has 0 aromatic heterocycles. The van der Waals surface area contributed by atoms with E-state index in [4.69, 9.17) is 9.47 Å². The molecule has 0 amide bonds. The molecule has 2 aromatic carbocycles. The molecule has 0 unspecified atom stereocenters. The Bertz CT molecular complexity index is 897. The normalized spacial score (nSPS) is 13.3. The zero-order valence-corrected chi connectivity index (χ0v) is 23.0. The number of methoxy groups -OCH3 is 2. The molecule has 2 rings (SSSR count). The molecule has 0 N–H and O–H groups in total. The molecule has 0 aliphatic rings. The summed E-state index contributed by atoms with van der Waals surface area (Å²) in [4.78, 5) is 0. The van der Waals surface area contributed by atoms with Crippen LogP contribution in [-0.4, -0.2) is 56.5 Å². The van der Waals surface area contributed by atoms with E-state index in [0.717, 1.165) is 34.0 Å². The van der Waals surface area contributed by atoms with E-state index in [9.17, 15) is 0 Å². The first-order chi connectivity index (χ1) is 14.3. The summed E-state index contributed by atoms with van der Waals surface area (Å²) in [5, 5.41) is 0. The molecule has 0 saturated carbocycles. The highest BCUT2D eigenvalue weighted by Gasteiger charge is 2.32. The first kappa shape index (κ1) is 26.2. The minimum atomic E-state index is 0.00271. The van der Waals surface area contributed by atoms with Crippen LogP contribution in [0.3, 0.4) is 0 Å². The number of ether oxygens (including phenoxy) is 2. The van der Waals surface area contributed by atoms with Crippen LogP contribution in [0.25, 0.3) is 11.1 Å². The van der Waals surface area contributed by atoms with Gasteiger partial charge in [-0.3, -0.25) is 8.97 Å². The Balaban J connectivity index is 3.14. The molecule has 0 aliphatic heterocycles. The first-order valence-corrected chi connectivity index (χ1v) is 11.4. The monoisotopic (exact) mass is 442 g/mol. The van der Waals surface area contributed by atoms with Gasteiger partial charge in [0.25, 0.3) is 0 Å². The minimum Gasteiger partial charge on any atom is -0.490 e. The van der Waals surface area contributed by atoms with Crippen molar-refractivity contribution in [3.05, 3.63) is 35.4 Å². The fourth-order valence-corrected chi connectivity index (χ4v) is 3.92. The molecule has 0 spiro atoms. The van der Waals surface area contributed by atoms with Crippen LogP contribution in [0.2, 0.25) is 0 Å². The Morgan fingerprint density at radius 1 is 0.531 bits per heavy atom. The number of hydrogen-bond acceptors (Lipinski definition) is 2. The number of benzene rings is 2. The molecule has 2 aromatic rings. The van der Waals surface area contributed by atoms with Crippen LogP contribution >= 0.6 is 0 Å². The topological polar surface area (TPSA) is 18.5 Å². The van der Waals surface area contributed by atoms with Crippen LogP contribution in [0.4, 0.5) is 11.4 Å². The Kier molecular flexibility index (Phi) is 6.87. The van der Waals surface area contributed by atoms with Crippen molar-refractivity contribution in [1.29, 1.82) is 0 Å². The van der Waals surface area contributed by atoms with Gasteiger partial charge in [-0.25, -0.2) is 0 Å². The van der Waals surface area contributed by atoms with Crippen molar-refractivity contribution in [2.45, 2.75) is 52.4 Å². The van der Waals surface area contributed by atoms with Gasteiger partial charge in [0.2, 0.25) is 0 Å². The van der Waals surface area contributed by atoms with E-state index in [1.165, 1.54) is 11.1 Å². The Morgan fingerprint density at radius 3 is 1.00 bits per heavy atom. The first-order valence-electron chi connectivity index (χ1n) is 11.4. The van der Waals surface area contributed by atoms with E-state index in [0.29, 0.717) is 8.97 Å². The maximum atomic E-state index is 6.10. The number of quaternary nitrogens is 2. The number of hydrogen-bond donors (Lipinski definition) is 0. The standard InChI is InChI=1S/C28H46N2O2/c1-27(2,3)19-15-21(25(31-13)23(17-19)29(7,8)9)22-16-20(28(4,5)6)18-24(26(22)32-14)30(10,11)12/h15-18H,1-14H3/q+2. The van der Waals surface area contributed by atoms with Gasteiger partial charge < -0.3 is 9.47 Å². The van der Waals surface area contributed by atoms with Gasteiger partial charge in [0.1, 0.15) is 0 Å². The SMILES string of the molecule is COc1c(-c2cc(C(C)(C)C)cc([N+](C)(C)C)c2OC)cc(C(C)(C)C)cc1[N+](C)(C)C. The molecule has 4 heteroatoms. The van der Waals surface area contributed by atoms with Crippen molar-refractivity contribution in [2.24, 2.45) is 0 Å². The molecule has 0 saturated heterocycles. The highest BCUT2D eigenvalue weighted by molar-refractivity contribution is 5.86. The van der Waals surface area contributed by atoms with Crippen LogP contribution in [0.5, 0.6) is 11.5 Å². The van der Waals surface area contributed by atoms with Crippen LogP contribution < -0.4 is 18.4 Å². The zero-order valence-electron chi connectivity index (χ0n) is 23.0. The second kappa shape index (κ2) is 8.39. The van der Waals surface area contributed by atoms with Gasteiger partial charge in [-0.05, 0) is 34.1 Å². The quantitative estimate of drug-likeness (QED) is 0.502. The second-order valence-electron chi connectivity index (χ2n) is 12.7. The smallest absolute Gasteiger partial charge is 0.187 e. The largest absolute Gasteiger partial charge is 0.490 e. The summed E-state index contributed by atoms with van der Waals surface area (Å²) < 4.78 is 13.5. The van der Waals surface area contributed by atoms with Crippen LogP contribution in [0.15, 0.2) is 24.3 Å². The van der Waals surface area contributed by atoms with E-state index in [1.54, 1.807) is 14.2 Å². The molecule has 0 radical (unpaired) electrons. The third-order valence-electron chi connectivity index (χ3n) is 6.01. The van der Waals surface area contributed by atoms with Gasteiger partial charge in [0, 0.05) is 23.3 Å². The lowest BCUT2D eigenvalue weighted by Gasteiger charge is -2.32. The third kappa shape index (κ3) is 5.29. The average molecular weight is 443 g/mol. The van der Waals surface area contributed by atoms with E-state index < -0.39 is 0 Å². The molecule has 0 aliphatic carbocycles. The van der Waals surface area contributed by atoms with Gasteiger partial charge in [0.05, 0.1) is 56.5 Å². The Hall–Kier alpha value is -2.04. The van der Waals surface area contributed by atoms with Crippen molar-refractivity contribution in [2.75, 3.05) is 56.5 Å². The maximum absolute atomic E-state index is 6.10. The van der Waals surface area contributed by atoms with Gasteiger partial charge >= 0.3 is 0 Å². The fourth-order valence-electron chi connectivity index (χ4n) is 3.92. The van der Waals surface area contributed by atoms with Crippen LogP contribution in [0.1, 0.15) is 52.7 Å². The van der Waals surface area contributed by atoms with Gasteiger partial charge in [-0.1, -0.05) is 41.5 Å². The number of rotatable bonds is 5. The summed E-state index contributed by atoms with van der Waals surface area (Å²) in [6, 6.07) is 9.18. The summed E-state index contributed by atoms with van der Waals surface area (Å²) in [7, 11) is 16.7. The number of nitrogens with zero attached hydrogens (tertiary/aromatic N) is 2. The van der Waals surface area contributed by atoms with Crippen molar-refractivity contribution in [1.82, 2.24) is 8.97 Å². The summed E-state index contributed by atoms with van der Waals surface area (Å²) in [5.74, 6) is 1.81. The Morgan fingerprint density at radius 2 is 0.812 bits per heavy atom. The van der Waals surface area contributed by atoms with Gasteiger partial charge in [-0.15, -0.1) is 0 Å². The van der Waals surface area contributed by atoms with Crippen LogP contribution in [-0.2, 0) is 10.8 Å². The lowest BCUT2D eigenvalue weighted by Crippen LogP contribution is -2.36. The van der Waals surface area contributed by atoms with E-state index in [1.807, 2.05) is 0 Å². The van der Waals surface area contributed by atoms with E-state index in [-0.39, 0.29) is 10.8 Å². The average Bonchev–Trinajstić information content (AvgIpc) is 2.62. The van der Waals surface area contributed by atoms with Crippen molar-refractivity contribution >= 4 is 11.4 Å². The van der Waals surface area contributed by atoms with Gasteiger partial charge in [-0.2, -0.15) is 0 Å². The molecule has 0 fully saturated rings. The Labute approximate surface area is 196 Å². The van der Waals surface area contributed by atoms with E-state index in [2.05, 4.69) is 108 Å².